The lowest BCUT2D eigenvalue weighted by atomic mass is 9.94. The first kappa shape index (κ1) is 15.3. The lowest BCUT2D eigenvalue weighted by molar-refractivity contribution is -0.150. The smallest absolute Gasteiger partial charge is 0.307 e. The zero-order valence-corrected chi connectivity index (χ0v) is 12.8. The molecule has 0 spiro atoms. The van der Waals surface area contributed by atoms with E-state index in [-0.39, 0.29) is 17.9 Å². The topological polar surface area (TPSA) is 57.6 Å². The maximum atomic E-state index is 12.8. The lowest BCUT2D eigenvalue weighted by Crippen LogP contribution is -2.44. The first-order valence-electron chi connectivity index (χ1n) is 7.97. The molecular weight excluding hydrogens is 254 g/mol. The molecule has 2 aliphatic rings. The quantitative estimate of drug-likeness (QED) is 0.814. The van der Waals surface area contributed by atoms with Crippen LogP contribution in [0.25, 0.3) is 0 Å². The SMILES string of the molecule is CCC1C[C@H](C(=O)N(CC2CC2)C(C)C)[C@H](C(=O)O)C1. The molecule has 20 heavy (non-hydrogen) atoms. The summed E-state index contributed by atoms with van der Waals surface area (Å²) in [6, 6.07) is 0.165. The number of nitrogens with zero attached hydrogens (tertiary/aromatic N) is 1. The van der Waals surface area contributed by atoms with E-state index in [4.69, 9.17) is 0 Å². The Kier molecular flexibility index (Phi) is 4.71. The van der Waals surface area contributed by atoms with Crippen molar-refractivity contribution < 1.29 is 14.7 Å². The van der Waals surface area contributed by atoms with E-state index in [1.807, 2.05) is 18.7 Å². The molecular formula is C16H27NO3. The molecule has 0 saturated heterocycles. The maximum absolute atomic E-state index is 12.8. The minimum absolute atomic E-state index is 0.0789. The number of hydrogen-bond donors (Lipinski definition) is 1. The van der Waals surface area contributed by atoms with Crippen molar-refractivity contribution in [3.63, 3.8) is 0 Å². The molecule has 1 unspecified atom stereocenters. The monoisotopic (exact) mass is 281 g/mol. The second-order valence-corrected chi connectivity index (χ2v) is 6.82. The first-order chi connectivity index (χ1) is 9.43. The molecule has 3 atom stereocenters. The lowest BCUT2D eigenvalue weighted by Gasteiger charge is -2.30. The van der Waals surface area contributed by atoms with Gasteiger partial charge in [-0.25, -0.2) is 0 Å². The third kappa shape index (κ3) is 3.33. The summed E-state index contributed by atoms with van der Waals surface area (Å²) in [4.78, 5) is 26.2. The molecule has 2 fully saturated rings. The molecule has 2 aliphatic carbocycles. The highest BCUT2D eigenvalue weighted by molar-refractivity contribution is 5.85. The molecule has 0 heterocycles. The van der Waals surface area contributed by atoms with Crippen LogP contribution in [0.15, 0.2) is 0 Å². The number of carboxylic acids is 1. The summed E-state index contributed by atoms with van der Waals surface area (Å²) in [5.41, 5.74) is 0. The fraction of sp³-hybridized carbons (Fsp3) is 0.875. The molecule has 0 aromatic rings. The summed E-state index contributed by atoms with van der Waals surface area (Å²) < 4.78 is 0. The fourth-order valence-corrected chi connectivity index (χ4v) is 3.37. The van der Waals surface area contributed by atoms with Crippen LogP contribution in [-0.2, 0) is 9.59 Å². The standard InChI is InChI=1S/C16H27NO3/c1-4-11-7-13(14(8-11)16(19)20)15(18)17(10(2)3)9-12-5-6-12/h10-14H,4-9H2,1-3H3,(H,19,20)/t11?,13-,14+/m0/s1. The van der Waals surface area contributed by atoms with Crippen molar-refractivity contribution in [2.24, 2.45) is 23.7 Å². The summed E-state index contributed by atoms with van der Waals surface area (Å²) in [6.07, 6.45) is 4.80. The van der Waals surface area contributed by atoms with Gasteiger partial charge in [0.15, 0.2) is 0 Å². The highest BCUT2D eigenvalue weighted by Gasteiger charge is 2.44. The Morgan fingerprint density at radius 1 is 1.15 bits per heavy atom. The van der Waals surface area contributed by atoms with Crippen molar-refractivity contribution in [2.45, 2.75) is 58.9 Å². The Morgan fingerprint density at radius 2 is 1.75 bits per heavy atom. The largest absolute Gasteiger partial charge is 0.481 e. The molecule has 2 rings (SSSR count). The maximum Gasteiger partial charge on any atom is 0.307 e. The van der Waals surface area contributed by atoms with Gasteiger partial charge in [0.1, 0.15) is 0 Å². The molecule has 0 radical (unpaired) electrons. The van der Waals surface area contributed by atoms with Crippen LogP contribution >= 0.6 is 0 Å². The van der Waals surface area contributed by atoms with Gasteiger partial charge in [0.2, 0.25) is 5.91 Å². The van der Waals surface area contributed by atoms with Crippen LogP contribution in [0.3, 0.4) is 0 Å². The Hall–Kier alpha value is -1.06. The summed E-state index contributed by atoms with van der Waals surface area (Å²) in [5.74, 6) is -0.468. The zero-order chi connectivity index (χ0) is 14.9. The van der Waals surface area contributed by atoms with Gasteiger partial charge in [0.05, 0.1) is 11.8 Å². The van der Waals surface area contributed by atoms with Gasteiger partial charge in [-0.15, -0.1) is 0 Å². The average Bonchev–Trinajstić information content (AvgIpc) is 3.10. The number of hydrogen-bond acceptors (Lipinski definition) is 2. The van der Waals surface area contributed by atoms with E-state index in [0.29, 0.717) is 18.3 Å². The van der Waals surface area contributed by atoms with E-state index < -0.39 is 11.9 Å². The average molecular weight is 281 g/mol. The van der Waals surface area contributed by atoms with E-state index in [0.717, 1.165) is 19.4 Å². The molecule has 2 saturated carbocycles. The van der Waals surface area contributed by atoms with Crippen LogP contribution < -0.4 is 0 Å². The van der Waals surface area contributed by atoms with Crippen LogP contribution in [0.1, 0.15) is 52.9 Å². The Balaban J connectivity index is 2.09. The third-order valence-electron chi connectivity index (χ3n) is 4.93. The molecule has 0 bridgehead atoms. The van der Waals surface area contributed by atoms with Gasteiger partial charge in [-0.05, 0) is 51.4 Å². The predicted octanol–water partition coefficient (Wildman–Crippen LogP) is 2.77. The second-order valence-electron chi connectivity index (χ2n) is 6.82. The Bertz CT molecular complexity index is 376. The molecule has 4 heteroatoms. The van der Waals surface area contributed by atoms with Crippen molar-refractivity contribution >= 4 is 11.9 Å². The van der Waals surface area contributed by atoms with E-state index >= 15 is 0 Å². The van der Waals surface area contributed by atoms with Crippen LogP contribution in [0.4, 0.5) is 0 Å². The number of carbonyl (C=O) groups excluding carboxylic acids is 1. The van der Waals surface area contributed by atoms with Gasteiger partial charge in [0.25, 0.3) is 0 Å². The molecule has 0 aromatic heterocycles. The molecule has 0 aliphatic heterocycles. The normalized spacial score (nSPS) is 29.7. The van der Waals surface area contributed by atoms with E-state index in [9.17, 15) is 14.7 Å². The summed E-state index contributed by atoms with van der Waals surface area (Å²) in [5, 5.41) is 9.39. The first-order valence-corrected chi connectivity index (χ1v) is 7.97. The van der Waals surface area contributed by atoms with Gasteiger partial charge in [0, 0.05) is 12.6 Å². The zero-order valence-electron chi connectivity index (χ0n) is 12.8. The van der Waals surface area contributed by atoms with Crippen molar-refractivity contribution in [2.75, 3.05) is 6.54 Å². The summed E-state index contributed by atoms with van der Waals surface area (Å²) >= 11 is 0. The highest BCUT2D eigenvalue weighted by atomic mass is 16.4. The van der Waals surface area contributed by atoms with Gasteiger partial charge >= 0.3 is 5.97 Å². The molecule has 1 amide bonds. The number of amides is 1. The van der Waals surface area contributed by atoms with Crippen LogP contribution in [-0.4, -0.2) is 34.5 Å². The summed E-state index contributed by atoms with van der Waals surface area (Å²) in [7, 11) is 0. The van der Waals surface area contributed by atoms with Crippen LogP contribution in [0.5, 0.6) is 0 Å². The van der Waals surface area contributed by atoms with E-state index in [1.54, 1.807) is 0 Å². The minimum Gasteiger partial charge on any atom is -0.481 e. The second kappa shape index (κ2) is 6.15. The van der Waals surface area contributed by atoms with Crippen molar-refractivity contribution in [1.82, 2.24) is 4.90 Å². The molecule has 1 N–H and O–H groups in total. The van der Waals surface area contributed by atoms with Gasteiger partial charge in [-0.1, -0.05) is 13.3 Å². The van der Waals surface area contributed by atoms with Crippen molar-refractivity contribution in [3.8, 4) is 0 Å². The van der Waals surface area contributed by atoms with Gasteiger partial charge in [-0.2, -0.15) is 0 Å². The van der Waals surface area contributed by atoms with Crippen molar-refractivity contribution in [3.05, 3.63) is 0 Å². The van der Waals surface area contributed by atoms with E-state index in [1.165, 1.54) is 12.8 Å². The van der Waals surface area contributed by atoms with Gasteiger partial charge < -0.3 is 10.0 Å². The highest BCUT2D eigenvalue weighted by Crippen LogP contribution is 2.40. The Morgan fingerprint density at radius 3 is 2.20 bits per heavy atom. The Labute approximate surface area is 121 Å². The minimum atomic E-state index is -0.797. The number of rotatable bonds is 6. The predicted molar refractivity (Wildman–Crippen MR) is 77.2 cm³/mol. The van der Waals surface area contributed by atoms with E-state index in [2.05, 4.69) is 6.92 Å². The molecule has 114 valence electrons. The number of carbonyl (C=O) groups is 2. The number of aliphatic carboxylic acids is 1. The summed E-state index contributed by atoms with van der Waals surface area (Å²) in [6.45, 7) is 6.96. The molecule has 0 aromatic carbocycles. The third-order valence-corrected chi connectivity index (χ3v) is 4.93. The van der Waals surface area contributed by atoms with Gasteiger partial charge in [-0.3, -0.25) is 9.59 Å². The van der Waals surface area contributed by atoms with Crippen LogP contribution in [0, 0.1) is 23.7 Å². The fourth-order valence-electron chi connectivity index (χ4n) is 3.37. The molecule has 4 nitrogen and oxygen atoms in total. The number of carboxylic acid groups (broad SMARTS) is 1. The van der Waals surface area contributed by atoms with Crippen LogP contribution in [0.2, 0.25) is 0 Å². The van der Waals surface area contributed by atoms with Crippen molar-refractivity contribution in [1.29, 1.82) is 0 Å².